The molecule has 2 rings (SSSR count). The molecule has 0 spiro atoms. The van der Waals surface area contributed by atoms with Gasteiger partial charge < -0.3 is 19.5 Å². The average molecular weight is 280 g/mol. The standard InChI is InChI=1S/C15H28N4O/c1-11-9-19(13(3)10-20-5)15(16-11)17-14-6-7-18(4)12(2)8-14/h9,12-14H,6-8,10H2,1-5H3,(H,16,17). The van der Waals surface area contributed by atoms with Crippen LogP contribution < -0.4 is 5.32 Å². The van der Waals surface area contributed by atoms with Crippen LogP contribution in [0.4, 0.5) is 5.95 Å². The Hall–Kier alpha value is -1.07. The highest BCUT2D eigenvalue weighted by Crippen LogP contribution is 2.22. The van der Waals surface area contributed by atoms with E-state index in [0.29, 0.717) is 24.7 Å². The summed E-state index contributed by atoms with van der Waals surface area (Å²) in [6.07, 6.45) is 4.44. The molecule has 3 atom stereocenters. The van der Waals surface area contributed by atoms with Crippen LogP contribution in [0.1, 0.15) is 38.4 Å². The molecule has 20 heavy (non-hydrogen) atoms. The van der Waals surface area contributed by atoms with Gasteiger partial charge in [0.05, 0.1) is 18.3 Å². The van der Waals surface area contributed by atoms with Gasteiger partial charge in [-0.25, -0.2) is 4.98 Å². The molecule has 0 radical (unpaired) electrons. The smallest absolute Gasteiger partial charge is 0.203 e. The van der Waals surface area contributed by atoms with E-state index in [9.17, 15) is 0 Å². The fraction of sp³-hybridized carbons (Fsp3) is 0.800. The predicted octanol–water partition coefficient (Wildman–Crippen LogP) is 2.29. The van der Waals surface area contributed by atoms with E-state index in [1.54, 1.807) is 7.11 Å². The molecule has 0 bridgehead atoms. The number of ether oxygens (including phenoxy) is 1. The van der Waals surface area contributed by atoms with Crippen molar-refractivity contribution in [2.45, 2.75) is 51.7 Å². The van der Waals surface area contributed by atoms with E-state index in [1.165, 1.54) is 12.8 Å². The van der Waals surface area contributed by atoms with Gasteiger partial charge in [0.2, 0.25) is 5.95 Å². The summed E-state index contributed by atoms with van der Waals surface area (Å²) in [6.45, 7) is 8.34. The normalized spacial score (nSPS) is 25.6. The second-order valence-electron chi connectivity index (χ2n) is 6.11. The van der Waals surface area contributed by atoms with Crippen molar-refractivity contribution < 1.29 is 4.74 Å². The summed E-state index contributed by atoms with van der Waals surface area (Å²) in [4.78, 5) is 7.05. The van der Waals surface area contributed by atoms with Crippen molar-refractivity contribution >= 4 is 5.95 Å². The lowest BCUT2D eigenvalue weighted by Gasteiger charge is -2.35. The first-order valence-corrected chi connectivity index (χ1v) is 7.52. The lowest BCUT2D eigenvalue weighted by atomic mass is 9.99. The Balaban J connectivity index is 2.05. The molecule has 0 saturated carbocycles. The second kappa shape index (κ2) is 6.59. The number of nitrogens with one attached hydrogen (secondary N) is 1. The van der Waals surface area contributed by atoms with Gasteiger partial charge in [0, 0.05) is 31.9 Å². The van der Waals surface area contributed by atoms with Gasteiger partial charge in [-0.05, 0) is 40.7 Å². The summed E-state index contributed by atoms with van der Waals surface area (Å²) in [5.41, 5.74) is 1.05. The highest BCUT2D eigenvalue weighted by molar-refractivity contribution is 5.31. The zero-order valence-electron chi connectivity index (χ0n) is 13.4. The van der Waals surface area contributed by atoms with E-state index in [0.717, 1.165) is 18.2 Å². The molecule has 0 aromatic carbocycles. The Morgan fingerprint density at radius 1 is 1.55 bits per heavy atom. The average Bonchev–Trinajstić information content (AvgIpc) is 2.75. The monoisotopic (exact) mass is 280 g/mol. The Morgan fingerprint density at radius 3 is 2.95 bits per heavy atom. The van der Waals surface area contributed by atoms with Crippen molar-refractivity contribution in [2.75, 3.05) is 32.6 Å². The lowest BCUT2D eigenvalue weighted by Crippen LogP contribution is -2.43. The summed E-state index contributed by atoms with van der Waals surface area (Å²) >= 11 is 0. The Labute approximate surface area is 122 Å². The minimum absolute atomic E-state index is 0.299. The molecule has 0 amide bonds. The van der Waals surface area contributed by atoms with Gasteiger partial charge in [0.1, 0.15) is 0 Å². The number of nitrogens with zero attached hydrogens (tertiary/aromatic N) is 3. The van der Waals surface area contributed by atoms with Crippen LogP contribution in [-0.2, 0) is 4.74 Å². The largest absolute Gasteiger partial charge is 0.383 e. The van der Waals surface area contributed by atoms with Crippen molar-refractivity contribution in [3.05, 3.63) is 11.9 Å². The van der Waals surface area contributed by atoms with Crippen LogP contribution in [0, 0.1) is 6.92 Å². The van der Waals surface area contributed by atoms with Crippen molar-refractivity contribution in [3.63, 3.8) is 0 Å². The number of hydrogen-bond acceptors (Lipinski definition) is 4. The maximum Gasteiger partial charge on any atom is 0.203 e. The van der Waals surface area contributed by atoms with Crippen LogP contribution in [0.3, 0.4) is 0 Å². The van der Waals surface area contributed by atoms with Gasteiger partial charge in [-0.1, -0.05) is 0 Å². The predicted molar refractivity (Wildman–Crippen MR) is 82.3 cm³/mol. The molecule has 1 N–H and O–H groups in total. The number of methoxy groups -OCH3 is 1. The van der Waals surface area contributed by atoms with Crippen LogP contribution in [0.15, 0.2) is 6.20 Å². The van der Waals surface area contributed by atoms with Crippen LogP contribution >= 0.6 is 0 Å². The van der Waals surface area contributed by atoms with Gasteiger partial charge >= 0.3 is 0 Å². The SMILES string of the molecule is COCC(C)n1cc(C)nc1NC1CCN(C)C(C)C1. The van der Waals surface area contributed by atoms with Gasteiger partial charge in [-0.15, -0.1) is 0 Å². The Kier molecular flexibility index (Phi) is 5.05. The number of rotatable bonds is 5. The summed E-state index contributed by atoms with van der Waals surface area (Å²) in [5.74, 6) is 0.980. The first kappa shape index (κ1) is 15.3. The Bertz CT molecular complexity index is 432. The van der Waals surface area contributed by atoms with Crippen LogP contribution in [0.2, 0.25) is 0 Å². The van der Waals surface area contributed by atoms with E-state index in [2.05, 4.69) is 46.9 Å². The third kappa shape index (κ3) is 3.52. The molecule has 1 aliphatic heterocycles. The lowest BCUT2D eigenvalue weighted by molar-refractivity contribution is 0.162. The summed E-state index contributed by atoms with van der Waals surface area (Å²) < 4.78 is 7.46. The second-order valence-corrected chi connectivity index (χ2v) is 6.11. The number of likely N-dealkylation sites (tertiary alicyclic amines) is 1. The van der Waals surface area contributed by atoms with E-state index >= 15 is 0 Å². The molecule has 0 aliphatic carbocycles. The maximum atomic E-state index is 5.26. The molecular weight excluding hydrogens is 252 g/mol. The minimum Gasteiger partial charge on any atom is -0.383 e. The molecule has 1 saturated heterocycles. The zero-order valence-corrected chi connectivity index (χ0v) is 13.4. The van der Waals surface area contributed by atoms with E-state index in [4.69, 9.17) is 4.74 Å². The number of anilines is 1. The van der Waals surface area contributed by atoms with Crippen LogP contribution in [0.5, 0.6) is 0 Å². The highest BCUT2D eigenvalue weighted by Gasteiger charge is 2.24. The molecule has 1 aliphatic rings. The van der Waals surface area contributed by atoms with E-state index < -0.39 is 0 Å². The highest BCUT2D eigenvalue weighted by atomic mass is 16.5. The van der Waals surface area contributed by atoms with Crippen LogP contribution in [0.25, 0.3) is 0 Å². The summed E-state index contributed by atoms with van der Waals surface area (Å²) in [7, 11) is 3.94. The number of hydrogen-bond donors (Lipinski definition) is 1. The van der Waals surface area contributed by atoms with Gasteiger partial charge in [0.15, 0.2) is 0 Å². The molecule has 1 aromatic heterocycles. The van der Waals surface area contributed by atoms with Crippen molar-refractivity contribution in [2.24, 2.45) is 0 Å². The summed E-state index contributed by atoms with van der Waals surface area (Å²) in [6, 6.07) is 1.44. The van der Waals surface area contributed by atoms with E-state index in [1.807, 2.05) is 6.92 Å². The van der Waals surface area contributed by atoms with Crippen molar-refractivity contribution in [1.29, 1.82) is 0 Å². The number of imidazole rings is 1. The maximum absolute atomic E-state index is 5.26. The fourth-order valence-corrected chi connectivity index (χ4v) is 2.88. The first-order chi connectivity index (χ1) is 9.51. The van der Waals surface area contributed by atoms with Gasteiger partial charge in [0.25, 0.3) is 0 Å². The topological polar surface area (TPSA) is 42.3 Å². The molecule has 1 aromatic rings. The molecule has 5 nitrogen and oxygen atoms in total. The molecule has 1 fully saturated rings. The molecule has 3 unspecified atom stereocenters. The van der Waals surface area contributed by atoms with E-state index in [-0.39, 0.29) is 0 Å². The Morgan fingerprint density at radius 2 is 2.30 bits per heavy atom. The number of aromatic nitrogens is 2. The van der Waals surface area contributed by atoms with Gasteiger partial charge in [-0.3, -0.25) is 0 Å². The molecule has 5 heteroatoms. The number of piperidine rings is 1. The molecule has 114 valence electrons. The first-order valence-electron chi connectivity index (χ1n) is 7.52. The molecule has 2 heterocycles. The van der Waals surface area contributed by atoms with Gasteiger partial charge in [-0.2, -0.15) is 0 Å². The zero-order chi connectivity index (χ0) is 14.7. The number of aryl methyl sites for hydroxylation is 1. The van der Waals surface area contributed by atoms with Crippen molar-refractivity contribution in [3.8, 4) is 0 Å². The third-order valence-electron chi connectivity index (χ3n) is 4.28. The quantitative estimate of drug-likeness (QED) is 0.898. The third-order valence-corrected chi connectivity index (χ3v) is 4.28. The van der Waals surface area contributed by atoms with Crippen molar-refractivity contribution in [1.82, 2.24) is 14.5 Å². The van der Waals surface area contributed by atoms with Crippen LogP contribution in [-0.4, -0.2) is 53.8 Å². The fourth-order valence-electron chi connectivity index (χ4n) is 2.88. The minimum atomic E-state index is 0.299. The summed E-state index contributed by atoms with van der Waals surface area (Å²) in [5, 5.41) is 3.63. The molecular formula is C15H28N4O.